The van der Waals surface area contributed by atoms with E-state index in [9.17, 15) is 4.79 Å². The Kier molecular flexibility index (Phi) is 5.41. The second-order valence-corrected chi connectivity index (χ2v) is 10.3. The van der Waals surface area contributed by atoms with Gasteiger partial charge >= 0.3 is 6.01 Å². The van der Waals surface area contributed by atoms with Crippen molar-refractivity contribution in [2.75, 3.05) is 10.2 Å². The van der Waals surface area contributed by atoms with Crippen LogP contribution in [0.1, 0.15) is 25.1 Å². The minimum Gasteiger partial charge on any atom is -0.424 e. The maximum absolute atomic E-state index is 12.7. The van der Waals surface area contributed by atoms with E-state index in [1.165, 1.54) is 0 Å². The summed E-state index contributed by atoms with van der Waals surface area (Å²) in [5.74, 6) is 1.50. The first kappa shape index (κ1) is 24.0. The van der Waals surface area contributed by atoms with Crippen molar-refractivity contribution in [1.82, 2.24) is 24.5 Å². The van der Waals surface area contributed by atoms with Crippen molar-refractivity contribution in [2.24, 2.45) is 7.05 Å². The summed E-state index contributed by atoms with van der Waals surface area (Å²) in [6.45, 7) is 6.38. The minimum atomic E-state index is 0.0260. The Morgan fingerprint density at radius 1 is 1.02 bits per heavy atom. The number of carbonyl (C=O) groups excluding carboxylic acids is 1. The van der Waals surface area contributed by atoms with Crippen LogP contribution in [-0.4, -0.2) is 36.5 Å². The third kappa shape index (κ3) is 3.73. The zero-order chi connectivity index (χ0) is 27.5. The first-order valence-corrected chi connectivity index (χ1v) is 13.2. The molecule has 1 N–H and O–H groups in total. The Balaban J connectivity index is 1.34. The number of hydrogen-bond acceptors (Lipinski definition) is 7. The third-order valence-corrected chi connectivity index (χ3v) is 7.61. The number of aromatic nitrogens is 5. The van der Waals surface area contributed by atoms with Crippen molar-refractivity contribution in [3.05, 3.63) is 84.0 Å². The number of amides is 1. The third-order valence-electron chi connectivity index (χ3n) is 7.61. The van der Waals surface area contributed by atoms with Crippen LogP contribution in [0.15, 0.2) is 72.7 Å². The van der Waals surface area contributed by atoms with E-state index < -0.39 is 0 Å². The smallest absolute Gasteiger partial charge is 0.322 e. The first-order chi connectivity index (χ1) is 19.4. The summed E-state index contributed by atoms with van der Waals surface area (Å²) in [6.07, 6.45) is 5.28. The van der Waals surface area contributed by atoms with Gasteiger partial charge in [0.2, 0.25) is 0 Å². The molecule has 2 aliphatic rings. The maximum Gasteiger partial charge on any atom is 0.322 e. The van der Waals surface area contributed by atoms with E-state index >= 15 is 0 Å². The van der Waals surface area contributed by atoms with E-state index in [2.05, 4.69) is 48.0 Å². The molecule has 40 heavy (non-hydrogen) atoms. The molecule has 9 heteroatoms. The number of carbonyl (C=O) groups is 1. The second-order valence-electron chi connectivity index (χ2n) is 10.3. The number of ether oxygens (including phenoxy) is 1. The SMILES string of the molecule is CC1=CC(C)N(c2ccc(-c3c4c5c(ncnc5n3C)NCc3cc(Oc5nccc(C)n5)ccc3-4)cc2)C1=O. The van der Waals surface area contributed by atoms with E-state index in [-0.39, 0.29) is 11.9 Å². The molecular formula is C31H27N7O2. The molecule has 2 aliphatic heterocycles. The molecule has 0 fully saturated rings. The molecule has 0 aliphatic carbocycles. The molecule has 1 amide bonds. The van der Waals surface area contributed by atoms with Crippen molar-refractivity contribution in [3.8, 4) is 34.1 Å². The zero-order valence-corrected chi connectivity index (χ0v) is 22.6. The lowest BCUT2D eigenvalue weighted by atomic mass is 9.95. The molecule has 5 aromatic rings. The summed E-state index contributed by atoms with van der Waals surface area (Å²) in [5, 5.41) is 4.47. The van der Waals surface area contributed by atoms with E-state index in [0.717, 1.165) is 61.8 Å². The molecule has 5 heterocycles. The highest BCUT2D eigenvalue weighted by atomic mass is 16.5. The van der Waals surface area contributed by atoms with Crippen LogP contribution in [0.4, 0.5) is 11.5 Å². The number of fused-ring (bicyclic) bond motifs is 2. The molecule has 0 spiro atoms. The molecule has 0 bridgehead atoms. The van der Waals surface area contributed by atoms with E-state index in [0.29, 0.717) is 18.3 Å². The summed E-state index contributed by atoms with van der Waals surface area (Å²) in [7, 11) is 2.03. The van der Waals surface area contributed by atoms with E-state index in [1.807, 2.05) is 69.1 Å². The second kappa shape index (κ2) is 9.01. The van der Waals surface area contributed by atoms with Crippen molar-refractivity contribution < 1.29 is 9.53 Å². The average molecular weight is 530 g/mol. The summed E-state index contributed by atoms with van der Waals surface area (Å²) >= 11 is 0. The van der Waals surface area contributed by atoms with Gasteiger partial charge in [-0.1, -0.05) is 24.3 Å². The van der Waals surface area contributed by atoms with Crippen LogP contribution < -0.4 is 15.0 Å². The maximum atomic E-state index is 12.7. The number of aryl methyl sites for hydroxylation is 2. The Hall–Kier alpha value is -5.05. The molecule has 9 nitrogen and oxygen atoms in total. The standard InChI is InChI=1S/C31H27N7O2/c1-17-13-19(3)38(30(17)39)22-7-5-20(6-8-22)27-25-24-10-9-23(40-31-32-12-11-18(2)36-31)14-21(24)15-33-28-26(25)29(37(27)4)35-16-34-28/h5-14,16,19H,15H2,1-4H3,(H,33,34,35). The molecule has 0 radical (unpaired) electrons. The predicted molar refractivity (Wildman–Crippen MR) is 154 cm³/mol. The molecule has 1 unspecified atom stereocenters. The normalized spacial score (nSPS) is 16.0. The summed E-state index contributed by atoms with van der Waals surface area (Å²) in [4.78, 5) is 32.4. The van der Waals surface area contributed by atoms with Gasteiger partial charge in [0.05, 0.1) is 17.1 Å². The van der Waals surface area contributed by atoms with Gasteiger partial charge in [0, 0.05) is 42.3 Å². The molecule has 0 saturated carbocycles. The van der Waals surface area contributed by atoms with Crippen molar-refractivity contribution >= 4 is 28.4 Å². The quantitative estimate of drug-likeness (QED) is 0.314. The Bertz CT molecular complexity index is 1860. The largest absolute Gasteiger partial charge is 0.424 e. The van der Waals surface area contributed by atoms with Gasteiger partial charge in [-0.05, 0) is 67.8 Å². The number of benzene rings is 2. The van der Waals surface area contributed by atoms with Gasteiger partial charge in [-0.3, -0.25) is 4.79 Å². The van der Waals surface area contributed by atoms with Gasteiger partial charge < -0.3 is 19.5 Å². The fourth-order valence-corrected chi connectivity index (χ4v) is 5.79. The highest BCUT2D eigenvalue weighted by Gasteiger charge is 2.29. The van der Waals surface area contributed by atoms with Crippen LogP contribution in [0.25, 0.3) is 33.4 Å². The number of rotatable bonds is 4. The Labute approximate surface area is 231 Å². The monoisotopic (exact) mass is 529 g/mol. The van der Waals surface area contributed by atoms with Crippen LogP contribution >= 0.6 is 0 Å². The fraction of sp³-hybridized carbons (Fsp3) is 0.194. The van der Waals surface area contributed by atoms with Gasteiger partial charge in [0.25, 0.3) is 5.91 Å². The lowest BCUT2D eigenvalue weighted by Crippen LogP contribution is -2.32. The zero-order valence-electron chi connectivity index (χ0n) is 22.6. The molecule has 7 rings (SSSR count). The van der Waals surface area contributed by atoms with Crippen LogP contribution in [0.3, 0.4) is 0 Å². The lowest BCUT2D eigenvalue weighted by molar-refractivity contribution is -0.114. The molecule has 3 aromatic heterocycles. The number of nitrogens with zero attached hydrogens (tertiary/aromatic N) is 6. The van der Waals surface area contributed by atoms with E-state index in [4.69, 9.17) is 4.74 Å². The lowest BCUT2D eigenvalue weighted by Gasteiger charge is -2.22. The van der Waals surface area contributed by atoms with Gasteiger partial charge in [-0.15, -0.1) is 0 Å². The van der Waals surface area contributed by atoms with Crippen LogP contribution in [0, 0.1) is 6.92 Å². The predicted octanol–water partition coefficient (Wildman–Crippen LogP) is 5.80. The van der Waals surface area contributed by atoms with Gasteiger partial charge in [0.15, 0.2) is 0 Å². The molecular weight excluding hydrogens is 502 g/mol. The Morgan fingerprint density at radius 2 is 1.85 bits per heavy atom. The average Bonchev–Trinajstić information content (AvgIpc) is 3.31. The van der Waals surface area contributed by atoms with Crippen LogP contribution in [-0.2, 0) is 18.4 Å². The highest BCUT2D eigenvalue weighted by molar-refractivity contribution is 6.10. The molecule has 0 saturated heterocycles. The summed E-state index contributed by atoms with van der Waals surface area (Å²) in [6, 6.07) is 16.4. The van der Waals surface area contributed by atoms with Crippen molar-refractivity contribution in [3.63, 3.8) is 0 Å². The number of anilines is 2. The van der Waals surface area contributed by atoms with Crippen molar-refractivity contribution in [1.29, 1.82) is 0 Å². The van der Waals surface area contributed by atoms with Gasteiger partial charge in [-0.2, -0.15) is 0 Å². The topological polar surface area (TPSA) is 98.1 Å². The number of hydrogen-bond donors (Lipinski definition) is 1. The van der Waals surface area contributed by atoms with Gasteiger partial charge in [-0.25, -0.2) is 19.9 Å². The molecule has 1 atom stereocenters. The van der Waals surface area contributed by atoms with Gasteiger partial charge in [0.1, 0.15) is 23.5 Å². The summed E-state index contributed by atoms with van der Waals surface area (Å²) < 4.78 is 8.12. The van der Waals surface area contributed by atoms with Crippen LogP contribution in [0.2, 0.25) is 0 Å². The molecule has 2 aromatic carbocycles. The number of nitrogens with one attached hydrogen (secondary N) is 1. The minimum absolute atomic E-state index is 0.0260. The summed E-state index contributed by atoms with van der Waals surface area (Å²) in [5.41, 5.74) is 8.58. The van der Waals surface area contributed by atoms with Crippen LogP contribution in [0.5, 0.6) is 11.8 Å². The highest BCUT2D eigenvalue weighted by Crippen LogP contribution is 2.46. The first-order valence-electron chi connectivity index (χ1n) is 13.2. The molecule has 198 valence electrons. The Morgan fingerprint density at radius 3 is 2.60 bits per heavy atom. The van der Waals surface area contributed by atoms with Crippen molar-refractivity contribution in [2.45, 2.75) is 33.4 Å². The van der Waals surface area contributed by atoms with E-state index in [1.54, 1.807) is 12.5 Å². The fourth-order valence-electron chi connectivity index (χ4n) is 5.79.